The second kappa shape index (κ2) is 16.4. The average molecular weight is 453 g/mol. The molecular weight excluding hydrogens is 408 g/mol. The summed E-state index contributed by atoms with van der Waals surface area (Å²) in [4.78, 5) is 21.6. The highest BCUT2D eigenvalue weighted by Gasteiger charge is 2.14. The molecule has 4 heteroatoms. The Morgan fingerprint density at radius 1 is 0.909 bits per heavy atom. The van der Waals surface area contributed by atoms with Crippen molar-refractivity contribution < 1.29 is 9.53 Å². The third-order valence-electron chi connectivity index (χ3n) is 6.39. The summed E-state index contributed by atoms with van der Waals surface area (Å²) in [6.07, 6.45) is 18.4. The lowest BCUT2D eigenvalue weighted by Crippen LogP contribution is -2.10. The molecule has 0 aliphatic carbocycles. The number of aryl methyl sites for hydroxylation is 1. The van der Waals surface area contributed by atoms with Crippen molar-refractivity contribution in [2.24, 2.45) is 5.92 Å². The fourth-order valence-electron chi connectivity index (χ4n) is 3.94. The van der Waals surface area contributed by atoms with Crippen LogP contribution in [0.25, 0.3) is 11.4 Å². The first-order valence-corrected chi connectivity index (χ1v) is 13.3. The molecule has 4 nitrogen and oxygen atoms in total. The smallest absolute Gasteiger partial charge is 0.311 e. The summed E-state index contributed by atoms with van der Waals surface area (Å²) >= 11 is 0. The summed E-state index contributed by atoms with van der Waals surface area (Å²) in [5, 5.41) is 0. The summed E-state index contributed by atoms with van der Waals surface area (Å²) in [5.41, 5.74) is 1.83. The van der Waals surface area contributed by atoms with Crippen LogP contribution in [-0.2, 0) is 11.2 Å². The number of ether oxygens (including phenoxy) is 1. The van der Waals surface area contributed by atoms with Gasteiger partial charge in [-0.25, -0.2) is 9.97 Å². The second-order valence-corrected chi connectivity index (χ2v) is 9.33. The molecule has 0 fully saturated rings. The fraction of sp³-hybridized carbons (Fsp3) is 0.621. The van der Waals surface area contributed by atoms with E-state index in [4.69, 9.17) is 9.72 Å². The van der Waals surface area contributed by atoms with Gasteiger partial charge in [0.15, 0.2) is 5.82 Å². The van der Waals surface area contributed by atoms with Crippen LogP contribution in [0.15, 0.2) is 36.5 Å². The summed E-state index contributed by atoms with van der Waals surface area (Å²) in [6.45, 7) is 6.57. The van der Waals surface area contributed by atoms with Crippen molar-refractivity contribution in [1.82, 2.24) is 9.97 Å². The van der Waals surface area contributed by atoms with Gasteiger partial charge in [0.2, 0.25) is 0 Å². The molecule has 182 valence electrons. The zero-order valence-corrected chi connectivity index (χ0v) is 21.2. The molecule has 0 saturated heterocycles. The number of carbonyl (C=O) groups excluding carboxylic acids is 1. The van der Waals surface area contributed by atoms with Gasteiger partial charge in [0.05, 0.1) is 5.56 Å². The highest BCUT2D eigenvalue weighted by molar-refractivity contribution is 5.76. The third kappa shape index (κ3) is 11.0. The van der Waals surface area contributed by atoms with E-state index in [-0.39, 0.29) is 5.97 Å². The van der Waals surface area contributed by atoms with Gasteiger partial charge in [0.1, 0.15) is 5.75 Å². The molecule has 0 saturated carbocycles. The van der Waals surface area contributed by atoms with Crippen molar-refractivity contribution in [3.63, 3.8) is 0 Å². The number of aromatic nitrogens is 2. The molecule has 2 rings (SSSR count). The van der Waals surface area contributed by atoms with E-state index in [2.05, 4.69) is 25.8 Å². The molecule has 0 amide bonds. The zero-order chi connectivity index (χ0) is 23.7. The Bertz CT molecular complexity index is 806. The van der Waals surface area contributed by atoms with Crippen LogP contribution in [-0.4, -0.2) is 15.9 Å². The molecule has 0 N–H and O–H groups in total. The lowest BCUT2D eigenvalue weighted by molar-refractivity contribution is -0.134. The van der Waals surface area contributed by atoms with Gasteiger partial charge in [0, 0.05) is 18.3 Å². The maximum atomic E-state index is 12.3. The van der Waals surface area contributed by atoms with Crippen molar-refractivity contribution in [3.05, 3.63) is 42.2 Å². The zero-order valence-electron chi connectivity index (χ0n) is 21.2. The minimum atomic E-state index is -0.190. The number of rotatable bonds is 17. The van der Waals surface area contributed by atoms with Gasteiger partial charge in [-0.3, -0.25) is 4.79 Å². The largest absolute Gasteiger partial charge is 0.426 e. The van der Waals surface area contributed by atoms with Crippen molar-refractivity contribution >= 4 is 5.97 Å². The van der Waals surface area contributed by atoms with E-state index < -0.39 is 0 Å². The molecule has 0 aliphatic heterocycles. The Hall–Kier alpha value is -2.23. The Balaban J connectivity index is 1.81. The summed E-state index contributed by atoms with van der Waals surface area (Å²) in [6, 6.07) is 9.57. The van der Waals surface area contributed by atoms with Crippen LogP contribution < -0.4 is 4.74 Å². The Kier molecular flexibility index (Phi) is 13.4. The van der Waals surface area contributed by atoms with Crippen LogP contribution in [0.5, 0.6) is 5.75 Å². The quantitative estimate of drug-likeness (QED) is 0.137. The highest BCUT2D eigenvalue weighted by atomic mass is 16.5. The second-order valence-electron chi connectivity index (χ2n) is 9.33. The van der Waals surface area contributed by atoms with E-state index in [1.54, 1.807) is 0 Å². The first kappa shape index (κ1) is 27.0. The van der Waals surface area contributed by atoms with Gasteiger partial charge in [0.25, 0.3) is 0 Å². The van der Waals surface area contributed by atoms with Crippen molar-refractivity contribution in [1.29, 1.82) is 0 Å². The number of unbranched alkanes of at least 4 members (excludes halogenated alkanes) is 9. The molecular formula is C29H44N2O2. The Labute approximate surface area is 201 Å². The monoisotopic (exact) mass is 452 g/mol. The lowest BCUT2D eigenvalue weighted by Gasteiger charge is -2.11. The Morgan fingerprint density at radius 3 is 2.27 bits per heavy atom. The van der Waals surface area contributed by atoms with Crippen LogP contribution in [0, 0.1) is 5.92 Å². The summed E-state index contributed by atoms with van der Waals surface area (Å²) in [7, 11) is 0. The summed E-state index contributed by atoms with van der Waals surface area (Å²) in [5.74, 6) is 1.51. The first-order chi connectivity index (χ1) is 16.1. The number of nitrogens with zero attached hydrogens (tertiary/aromatic N) is 2. The normalized spacial score (nSPS) is 12.0. The average Bonchev–Trinajstić information content (AvgIpc) is 2.84. The van der Waals surface area contributed by atoms with Crippen LogP contribution in [0.4, 0.5) is 0 Å². The van der Waals surface area contributed by atoms with Crippen LogP contribution >= 0.6 is 0 Å². The Morgan fingerprint density at radius 2 is 1.58 bits per heavy atom. The molecule has 0 bridgehead atoms. The van der Waals surface area contributed by atoms with Gasteiger partial charge < -0.3 is 4.74 Å². The molecule has 0 radical (unpaired) electrons. The minimum absolute atomic E-state index is 0.190. The molecule has 1 unspecified atom stereocenters. The van der Waals surface area contributed by atoms with E-state index >= 15 is 0 Å². The first-order valence-electron chi connectivity index (χ1n) is 13.3. The van der Waals surface area contributed by atoms with Crippen molar-refractivity contribution in [2.75, 3.05) is 0 Å². The summed E-state index contributed by atoms with van der Waals surface area (Å²) < 4.78 is 5.68. The molecule has 0 aliphatic rings. The van der Waals surface area contributed by atoms with Crippen molar-refractivity contribution in [3.8, 4) is 17.1 Å². The fourth-order valence-corrected chi connectivity index (χ4v) is 3.94. The van der Waals surface area contributed by atoms with E-state index in [9.17, 15) is 4.79 Å². The van der Waals surface area contributed by atoms with Crippen molar-refractivity contribution in [2.45, 2.75) is 111 Å². The molecule has 1 aromatic heterocycles. The van der Waals surface area contributed by atoms with Crippen LogP contribution in [0.2, 0.25) is 0 Å². The third-order valence-corrected chi connectivity index (χ3v) is 6.39. The molecule has 2 aromatic rings. The number of hydrogen-bond acceptors (Lipinski definition) is 4. The maximum Gasteiger partial charge on any atom is 0.311 e. The van der Waals surface area contributed by atoms with E-state index in [1.807, 2.05) is 36.5 Å². The number of para-hydroxylation sites is 1. The van der Waals surface area contributed by atoms with Crippen LogP contribution in [0.1, 0.15) is 110 Å². The van der Waals surface area contributed by atoms with Gasteiger partial charge in [-0.05, 0) is 43.4 Å². The topological polar surface area (TPSA) is 52.1 Å². The lowest BCUT2D eigenvalue weighted by atomic mass is 10.0. The number of hydrogen-bond donors (Lipinski definition) is 0. The van der Waals surface area contributed by atoms with E-state index in [1.165, 1.54) is 57.8 Å². The van der Waals surface area contributed by atoms with E-state index in [0.29, 0.717) is 23.9 Å². The molecule has 1 atom stereocenters. The van der Waals surface area contributed by atoms with Crippen LogP contribution in [0.3, 0.4) is 0 Å². The highest BCUT2D eigenvalue weighted by Crippen LogP contribution is 2.28. The number of carbonyl (C=O) groups is 1. The molecule has 1 aromatic carbocycles. The number of esters is 1. The minimum Gasteiger partial charge on any atom is -0.426 e. The molecule has 33 heavy (non-hydrogen) atoms. The van der Waals surface area contributed by atoms with E-state index in [0.717, 1.165) is 36.9 Å². The predicted octanol–water partition coefficient (Wildman–Crippen LogP) is 8.34. The van der Waals surface area contributed by atoms with Gasteiger partial charge in [-0.2, -0.15) is 0 Å². The SMILES string of the molecule is CCCCCCCCCCCCc1ccnc(-c2ccccc2OC(=O)CCC(C)CC)n1. The van der Waals surface area contributed by atoms with Gasteiger partial charge >= 0.3 is 5.97 Å². The standard InChI is InChI=1S/C29H44N2O2/c1-4-6-7-8-9-10-11-12-13-14-17-25-22-23-30-29(31-25)26-18-15-16-19-27(26)33-28(32)21-20-24(3)5-2/h15-16,18-19,22-24H,4-14,17,20-21H2,1-3H3. The maximum absolute atomic E-state index is 12.3. The predicted molar refractivity (Wildman–Crippen MR) is 137 cm³/mol. The number of benzene rings is 1. The van der Waals surface area contributed by atoms with Gasteiger partial charge in [-0.1, -0.05) is 97.1 Å². The van der Waals surface area contributed by atoms with Gasteiger partial charge in [-0.15, -0.1) is 0 Å². The molecule has 1 heterocycles. The molecule has 0 spiro atoms.